The van der Waals surface area contributed by atoms with E-state index in [-0.39, 0.29) is 12.5 Å². The number of aromatic nitrogens is 2. The van der Waals surface area contributed by atoms with E-state index in [0.29, 0.717) is 23.3 Å². The molecule has 0 N–H and O–H groups in total. The van der Waals surface area contributed by atoms with Crippen LogP contribution in [-0.4, -0.2) is 41.8 Å². The maximum atomic E-state index is 11.1. The van der Waals surface area contributed by atoms with Crippen LogP contribution in [0.3, 0.4) is 0 Å². The quantitative estimate of drug-likeness (QED) is 0.786. The van der Waals surface area contributed by atoms with Crippen LogP contribution in [0, 0.1) is 0 Å². The second-order valence-electron chi connectivity index (χ2n) is 4.26. The lowest BCUT2D eigenvalue weighted by atomic mass is 10.2. The van der Waals surface area contributed by atoms with Crippen LogP contribution in [0.1, 0.15) is 5.89 Å². The van der Waals surface area contributed by atoms with Crippen LogP contribution in [0.4, 0.5) is 0 Å². The number of hydrogen-bond acceptors (Lipinski definition) is 6. The Bertz CT molecular complexity index is 583. The normalized spacial score (nSPS) is 10.8. The van der Waals surface area contributed by atoms with Crippen molar-refractivity contribution in [2.24, 2.45) is 0 Å². The molecule has 0 amide bonds. The summed E-state index contributed by atoms with van der Waals surface area (Å²) in [6.45, 7) is 0.533. The molecule has 0 aliphatic carbocycles. The van der Waals surface area contributed by atoms with E-state index in [4.69, 9.17) is 16.0 Å². The zero-order chi connectivity index (χ0) is 14.5. The van der Waals surface area contributed by atoms with Gasteiger partial charge in [-0.3, -0.25) is 9.69 Å². The first kappa shape index (κ1) is 14.5. The van der Waals surface area contributed by atoms with Crippen molar-refractivity contribution >= 4 is 17.6 Å². The zero-order valence-corrected chi connectivity index (χ0v) is 11.9. The molecule has 106 valence electrons. The minimum Gasteiger partial charge on any atom is -0.468 e. The topological polar surface area (TPSA) is 68.5 Å². The summed E-state index contributed by atoms with van der Waals surface area (Å²) in [5, 5.41) is 8.56. The van der Waals surface area contributed by atoms with Crippen molar-refractivity contribution in [1.29, 1.82) is 0 Å². The highest BCUT2D eigenvalue weighted by molar-refractivity contribution is 6.30. The first-order valence-corrected chi connectivity index (χ1v) is 6.30. The summed E-state index contributed by atoms with van der Waals surface area (Å²) in [7, 11) is 3.12. The zero-order valence-electron chi connectivity index (χ0n) is 11.2. The van der Waals surface area contributed by atoms with Gasteiger partial charge in [-0.1, -0.05) is 11.6 Å². The molecule has 7 heteroatoms. The molecule has 1 heterocycles. The first-order chi connectivity index (χ1) is 9.58. The van der Waals surface area contributed by atoms with E-state index in [1.54, 1.807) is 36.2 Å². The average molecular weight is 296 g/mol. The predicted octanol–water partition coefficient (Wildman–Crippen LogP) is 1.99. The molecule has 1 aromatic heterocycles. The Balaban J connectivity index is 2.02. The molecule has 2 aromatic rings. The van der Waals surface area contributed by atoms with E-state index in [1.807, 2.05) is 0 Å². The third-order valence-corrected chi connectivity index (χ3v) is 2.84. The standard InChI is InChI=1S/C13H14ClN3O3/c1-17(8-12(18)19-2)7-11-15-16-13(20-11)9-3-5-10(14)6-4-9/h3-6H,7-8H2,1-2H3. The minimum atomic E-state index is -0.315. The molecule has 0 aliphatic rings. The van der Waals surface area contributed by atoms with Crippen molar-refractivity contribution in [3.8, 4) is 11.5 Å². The highest BCUT2D eigenvalue weighted by Gasteiger charge is 2.12. The number of benzene rings is 1. The fourth-order valence-corrected chi connectivity index (χ4v) is 1.72. The minimum absolute atomic E-state index is 0.162. The molecule has 0 atom stereocenters. The van der Waals surface area contributed by atoms with Crippen LogP contribution < -0.4 is 0 Å². The molecule has 0 saturated carbocycles. The van der Waals surface area contributed by atoms with Gasteiger partial charge in [0.15, 0.2) is 0 Å². The average Bonchev–Trinajstić information content (AvgIpc) is 2.87. The van der Waals surface area contributed by atoms with Crippen molar-refractivity contribution in [2.45, 2.75) is 6.54 Å². The third-order valence-electron chi connectivity index (χ3n) is 2.59. The summed E-state index contributed by atoms with van der Waals surface area (Å²) < 4.78 is 10.1. The van der Waals surface area contributed by atoms with E-state index in [1.165, 1.54) is 7.11 Å². The lowest BCUT2D eigenvalue weighted by Crippen LogP contribution is -2.26. The van der Waals surface area contributed by atoms with Gasteiger partial charge in [0.25, 0.3) is 0 Å². The Morgan fingerprint density at radius 1 is 1.35 bits per heavy atom. The van der Waals surface area contributed by atoms with Gasteiger partial charge < -0.3 is 9.15 Å². The van der Waals surface area contributed by atoms with E-state index in [2.05, 4.69) is 14.9 Å². The highest BCUT2D eigenvalue weighted by Crippen LogP contribution is 2.20. The van der Waals surface area contributed by atoms with Crippen molar-refractivity contribution in [1.82, 2.24) is 15.1 Å². The van der Waals surface area contributed by atoms with Crippen molar-refractivity contribution < 1.29 is 13.9 Å². The van der Waals surface area contributed by atoms with Crippen LogP contribution in [0.2, 0.25) is 5.02 Å². The number of likely N-dealkylation sites (N-methyl/N-ethyl adjacent to an activating group) is 1. The summed E-state index contributed by atoms with van der Waals surface area (Å²) in [6.07, 6.45) is 0. The van der Waals surface area contributed by atoms with Crippen LogP contribution >= 0.6 is 11.6 Å². The number of hydrogen-bond donors (Lipinski definition) is 0. The number of nitrogens with zero attached hydrogens (tertiary/aromatic N) is 3. The molecule has 0 radical (unpaired) electrons. The van der Waals surface area contributed by atoms with Crippen LogP contribution in [0.25, 0.3) is 11.5 Å². The molecule has 0 aliphatic heterocycles. The van der Waals surface area contributed by atoms with Gasteiger partial charge in [0.1, 0.15) is 0 Å². The summed E-state index contributed by atoms with van der Waals surface area (Å²) >= 11 is 5.82. The maximum absolute atomic E-state index is 11.1. The molecular formula is C13H14ClN3O3. The highest BCUT2D eigenvalue weighted by atomic mass is 35.5. The number of methoxy groups -OCH3 is 1. The first-order valence-electron chi connectivity index (χ1n) is 5.92. The van der Waals surface area contributed by atoms with Crippen molar-refractivity contribution in [3.05, 3.63) is 35.2 Å². The van der Waals surface area contributed by atoms with Gasteiger partial charge in [-0.15, -0.1) is 10.2 Å². The second-order valence-corrected chi connectivity index (χ2v) is 4.69. The number of esters is 1. The number of carbonyl (C=O) groups is 1. The van der Waals surface area contributed by atoms with E-state index >= 15 is 0 Å². The lowest BCUT2D eigenvalue weighted by Gasteiger charge is -2.11. The molecule has 1 aromatic carbocycles. The Labute approximate surface area is 121 Å². The fourth-order valence-electron chi connectivity index (χ4n) is 1.60. The Kier molecular flexibility index (Phi) is 4.70. The largest absolute Gasteiger partial charge is 0.468 e. The lowest BCUT2D eigenvalue weighted by molar-refractivity contribution is -0.141. The molecule has 20 heavy (non-hydrogen) atoms. The number of halogens is 1. The van der Waals surface area contributed by atoms with Gasteiger partial charge in [0.2, 0.25) is 11.8 Å². The molecule has 0 saturated heterocycles. The van der Waals surface area contributed by atoms with Gasteiger partial charge in [-0.2, -0.15) is 0 Å². The number of carbonyl (C=O) groups excluding carboxylic acids is 1. The van der Waals surface area contributed by atoms with E-state index < -0.39 is 0 Å². The summed E-state index contributed by atoms with van der Waals surface area (Å²) in [5.74, 6) is 0.537. The molecular weight excluding hydrogens is 282 g/mol. The molecule has 6 nitrogen and oxygen atoms in total. The Hall–Kier alpha value is -1.92. The molecule has 0 unspecified atom stereocenters. The molecule has 0 bridgehead atoms. The summed E-state index contributed by atoms with van der Waals surface area (Å²) in [5.41, 5.74) is 0.795. The summed E-state index contributed by atoms with van der Waals surface area (Å²) in [6, 6.07) is 7.11. The predicted molar refractivity (Wildman–Crippen MR) is 73.1 cm³/mol. The van der Waals surface area contributed by atoms with Crippen LogP contribution in [-0.2, 0) is 16.1 Å². The van der Waals surface area contributed by atoms with Crippen molar-refractivity contribution in [3.63, 3.8) is 0 Å². The molecule has 2 rings (SSSR count). The Morgan fingerprint density at radius 3 is 2.70 bits per heavy atom. The summed E-state index contributed by atoms with van der Waals surface area (Å²) in [4.78, 5) is 12.9. The van der Waals surface area contributed by atoms with Crippen LogP contribution in [0.15, 0.2) is 28.7 Å². The van der Waals surface area contributed by atoms with Gasteiger partial charge in [0, 0.05) is 10.6 Å². The van der Waals surface area contributed by atoms with Gasteiger partial charge in [0.05, 0.1) is 20.2 Å². The molecule has 0 spiro atoms. The fraction of sp³-hybridized carbons (Fsp3) is 0.308. The Morgan fingerprint density at radius 2 is 2.05 bits per heavy atom. The maximum Gasteiger partial charge on any atom is 0.319 e. The monoisotopic (exact) mass is 295 g/mol. The van der Waals surface area contributed by atoms with E-state index in [9.17, 15) is 4.79 Å². The number of rotatable bonds is 5. The smallest absolute Gasteiger partial charge is 0.319 e. The number of ether oxygens (including phenoxy) is 1. The van der Waals surface area contributed by atoms with Crippen molar-refractivity contribution in [2.75, 3.05) is 20.7 Å². The second kappa shape index (κ2) is 6.49. The van der Waals surface area contributed by atoms with Crippen LogP contribution in [0.5, 0.6) is 0 Å². The SMILES string of the molecule is COC(=O)CN(C)Cc1nnc(-c2ccc(Cl)cc2)o1. The van der Waals surface area contributed by atoms with Gasteiger partial charge >= 0.3 is 5.97 Å². The third kappa shape index (κ3) is 3.79. The van der Waals surface area contributed by atoms with Gasteiger partial charge in [-0.25, -0.2) is 0 Å². The molecule has 0 fully saturated rings. The van der Waals surface area contributed by atoms with Gasteiger partial charge in [-0.05, 0) is 31.3 Å². The van der Waals surface area contributed by atoms with E-state index in [0.717, 1.165) is 5.56 Å².